The van der Waals surface area contributed by atoms with Crippen molar-refractivity contribution < 1.29 is 19.5 Å². The third-order valence-electron chi connectivity index (χ3n) is 4.68. The predicted octanol–water partition coefficient (Wildman–Crippen LogP) is 2.99. The summed E-state index contributed by atoms with van der Waals surface area (Å²) in [6, 6.07) is 13.1. The molecule has 0 radical (unpaired) electrons. The highest BCUT2D eigenvalue weighted by Gasteiger charge is 2.31. The van der Waals surface area contributed by atoms with E-state index in [1.54, 1.807) is 18.2 Å². The molecule has 1 aliphatic rings. The van der Waals surface area contributed by atoms with Gasteiger partial charge in [0.15, 0.2) is 11.5 Å². The highest BCUT2D eigenvalue weighted by molar-refractivity contribution is 6.12. The number of phenolic OH excluding ortho intramolecular Hbond substituents is 1. The number of hydrogen-bond donors (Lipinski definition) is 2. The summed E-state index contributed by atoms with van der Waals surface area (Å²) in [5, 5.41) is 10.3. The van der Waals surface area contributed by atoms with Crippen LogP contribution < -0.4 is 9.64 Å². The van der Waals surface area contributed by atoms with Gasteiger partial charge in [-0.3, -0.25) is 4.79 Å². The maximum absolute atomic E-state index is 12.6. The maximum atomic E-state index is 12.6. The van der Waals surface area contributed by atoms with Gasteiger partial charge < -0.3 is 14.7 Å². The molecule has 0 saturated carbocycles. The van der Waals surface area contributed by atoms with Crippen LogP contribution in [-0.2, 0) is 6.54 Å². The Hall–Kier alpha value is -2.85. The maximum Gasteiger partial charge on any atom is 0.231 e. The fourth-order valence-electron chi connectivity index (χ4n) is 3.04. The third-order valence-corrected chi connectivity index (χ3v) is 4.68. The second kappa shape index (κ2) is 8.02. The Morgan fingerprint density at radius 3 is 2.50 bits per heavy atom. The van der Waals surface area contributed by atoms with Gasteiger partial charge in [-0.1, -0.05) is 42.5 Å². The second-order valence-electron chi connectivity index (χ2n) is 6.31. The number of benzene rings is 2. The van der Waals surface area contributed by atoms with Gasteiger partial charge in [0.2, 0.25) is 5.78 Å². The van der Waals surface area contributed by atoms with E-state index in [1.807, 2.05) is 42.5 Å². The lowest BCUT2D eigenvalue weighted by Crippen LogP contribution is -3.10. The Labute approximate surface area is 154 Å². The van der Waals surface area contributed by atoms with Crippen molar-refractivity contribution in [2.24, 2.45) is 0 Å². The quantitative estimate of drug-likeness (QED) is 0.788. The monoisotopic (exact) mass is 350 g/mol. The van der Waals surface area contributed by atoms with Crippen LogP contribution >= 0.6 is 0 Å². The number of fused-ring (bicyclic) bond motifs is 1. The summed E-state index contributed by atoms with van der Waals surface area (Å²) in [6.45, 7) is 6.71. The molecule has 0 spiro atoms. The van der Waals surface area contributed by atoms with Gasteiger partial charge in [-0.15, -0.1) is 0 Å². The highest BCUT2D eigenvalue weighted by atomic mass is 16.5. The summed E-state index contributed by atoms with van der Waals surface area (Å²) in [5.41, 5.74) is 2.27. The van der Waals surface area contributed by atoms with Gasteiger partial charge in [0.05, 0.1) is 24.2 Å². The van der Waals surface area contributed by atoms with Crippen molar-refractivity contribution in [3.05, 3.63) is 77.1 Å². The van der Waals surface area contributed by atoms with Crippen molar-refractivity contribution in [3.8, 4) is 11.5 Å². The first-order valence-electron chi connectivity index (χ1n) is 8.98. The first kappa shape index (κ1) is 18.0. The molecule has 0 atom stereocenters. The van der Waals surface area contributed by atoms with E-state index in [-0.39, 0.29) is 17.3 Å². The minimum absolute atomic E-state index is 0.145. The van der Waals surface area contributed by atoms with E-state index in [1.165, 1.54) is 4.90 Å². The zero-order chi connectivity index (χ0) is 18.5. The van der Waals surface area contributed by atoms with Crippen molar-refractivity contribution >= 4 is 11.9 Å². The van der Waals surface area contributed by atoms with E-state index in [4.69, 9.17) is 4.74 Å². The molecule has 0 bridgehead atoms. The second-order valence-corrected chi connectivity index (χ2v) is 6.31. The molecule has 26 heavy (non-hydrogen) atoms. The number of aromatic hydroxyl groups is 1. The zero-order valence-electron chi connectivity index (χ0n) is 15.2. The number of carbonyl (C=O) groups excluding carboxylic acids is 1. The first-order valence-corrected chi connectivity index (χ1v) is 8.98. The average Bonchev–Trinajstić information content (AvgIpc) is 2.98. The third kappa shape index (κ3) is 3.70. The number of carbonyl (C=O) groups is 1. The van der Waals surface area contributed by atoms with Gasteiger partial charge >= 0.3 is 0 Å². The molecule has 2 aromatic rings. The molecule has 0 saturated heterocycles. The Morgan fingerprint density at radius 1 is 1.08 bits per heavy atom. The summed E-state index contributed by atoms with van der Waals surface area (Å²) in [4.78, 5) is 13.9. The molecule has 0 unspecified atom stereocenters. The lowest BCUT2D eigenvalue weighted by atomic mass is 10.0. The summed E-state index contributed by atoms with van der Waals surface area (Å²) in [6.07, 6.45) is 5.41. The van der Waals surface area contributed by atoms with E-state index >= 15 is 0 Å². The van der Waals surface area contributed by atoms with Crippen molar-refractivity contribution in [2.45, 2.75) is 20.4 Å². The van der Waals surface area contributed by atoms with Crippen LogP contribution in [0.5, 0.6) is 11.5 Å². The van der Waals surface area contributed by atoms with Crippen molar-refractivity contribution in [1.82, 2.24) is 0 Å². The van der Waals surface area contributed by atoms with Crippen molar-refractivity contribution in [2.75, 3.05) is 13.1 Å². The smallest absolute Gasteiger partial charge is 0.231 e. The van der Waals surface area contributed by atoms with Crippen LogP contribution in [0.25, 0.3) is 6.08 Å². The molecule has 0 fully saturated rings. The highest BCUT2D eigenvalue weighted by Crippen LogP contribution is 2.38. The standard InChI is InChI=1S/C22H23NO3/c1-3-23(4-2)15-18-19(24)14-13-17-21(25)20(26-22(17)18)12-8-11-16-9-6-5-7-10-16/h5-14,24H,3-4,15H2,1-2H3/p+1/b11-8+,20-12-. The summed E-state index contributed by atoms with van der Waals surface area (Å²) < 4.78 is 5.85. The molecule has 134 valence electrons. The fourth-order valence-corrected chi connectivity index (χ4v) is 3.04. The molecule has 1 aliphatic heterocycles. The lowest BCUT2D eigenvalue weighted by molar-refractivity contribution is -0.910. The van der Waals surface area contributed by atoms with Gasteiger partial charge in [-0.05, 0) is 37.6 Å². The fraction of sp³-hybridized carbons (Fsp3) is 0.227. The van der Waals surface area contributed by atoms with E-state index in [2.05, 4.69) is 13.8 Å². The van der Waals surface area contributed by atoms with E-state index in [0.29, 0.717) is 23.4 Å². The molecule has 0 aromatic heterocycles. The summed E-state index contributed by atoms with van der Waals surface area (Å²) in [7, 11) is 0. The van der Waals surface area contributed by atoms with Gasteiger partial charge in [0.1, 0.15) is 12.3 Å². The Kier molecular flexibility index (Phi) is 5.54. The SMILES string of the molecule is CC[NH+](CC)Cc1c(O)ccc2c1O/C(=C\C=C\c1ccccc1)C2=O. The summed E-state index contributed by atoms with van der Waals surface area (Å²) >= 11 is 0. The Morgan fingerprint density at radius 2 is 1.81 bits per heavy atom. The summed E-state index contributed by atoms with van der Waals surface area (Å²) in [5.74, 6) is 0.813. The molecule has 2 N–H and O–H groups in total. The molecule has 4 nitrogen and oxygen atoms in total. The zero-order valence-corrected chi connectivity index (χ0v) is 15.2. The minimum Gasteiger partial charge on any atom is -0.507 e. The topological polar surface area (TPSA) is 51.0 Å². The number of ether oxygens (including phenoxy) is 1. The number of quaternary nitrogens is 1. The molecular formula is C22H24NO3+. The van der Waals surface area contributed by atoms with Gasteiger partial charge in [-0.2, -0.15) is 0 Å². The number of ketones is 1. The van der Waals surface area contributed by atoms with Crippen LogP contribution in [-0.4, -0.2) is 24.0 Å². The number of Topliss-reactive ketones (excluding diaryl/α,β-unsaturated/α-hetero) is 1. The number of phenols is 1. The van der Waals surface area contributed by atoms with E-state index in [9.17, 15) is 9.90 Å². The number of hydrogen-bond acceptors (Lipinski definition) is 3. The predicted molar refractivity (Wildman–Crippen MR) is 102 cm³/mol. The van der Waals surface area contributed by atoms with E-state index < -0.39 is 0 Å². The number of nitrogens with one attached hydrogen (secondary N) is 1. The molecule has 3 rings (SSSR count). The van der Waals surface area contributed by atoms with Crippen LogP contribution in [0.3, 0.4) is 0 Å². The Balaban J connectivity index is 1.86. The number of allylic oxidation sites excluding steroid dienone is 3. The number of rotatable bonds is 6. The first-order chi connectivity index (χ1) is 12.6. The molecular weight excluding hydrogens is 326 g/mol. The van der Waals surface area contributed by atoms with E-state index in [0.717, 1.165) is 18.7 Å². The van der Waals surface area contributed by atoms with Gasteiger partial charge in [0, 0.05) is 0 Å². The van der Waals surface area contributed by atoms with Crippen LogP contribution in [0.2, 0.25) is 0 Å². The van der Waals surface area contributed by atoms with Gasteiger partial charge in [-0.25, -0.2) is 0 Å². The molecule has 0 amide bonds. The van der Waals surface area contributed by atoms with Crippen LogP contribution in [0.15, 0.2) is 60.4 Å². The van der Waals surface area contributed by atoms with Gasteiger partial charge in [0.25, 0.3) is 0 Å². The van der Waals surface area contributed by atoms with Crippen LogP contribution in [0.1, 0.15) is 35.3 Å². The van der Waals surface area contributed by atoms with Crippen LogP contribution in [0, 0.1) is 0 Å². The van der Waals surface area contributed by atoms with Crippen molar-refractivity contribution in [3.63, 3.8) is 0 Å². The van der Waals surface area contributed by atoms with Crippen molar-refractivity contribution in [1.29, 1.82) is 0 Å². The normalized spacial score (nSPS) is 15.0. The molecule has 0 aliphatic carbocycles. The lowest BCUT2D eigenvalue weighted by Gasteiger charge is -2.17. The molecule has 4 heteroatoms. The minimum atomic E-state index is -0.145. The van der Waals surface area contributed by atoms with Crippen LogP contribution in [0.4, 0.5) is 0 Å². The molecule has 1 heterocycles. The largest absolute Gasteiger partial charge is 0.507 e. The Bertz CT molecular complexity index is 849. The average molecular weight is 350 g/mol. The molecule has 2 aromatic carbocycles.